The van der Waals surface area contributed by atoms with Gasteiger partial charge in [0.25, 0.3) is 5.91 Å². The summed E-state index contributed by atoms with van der Waals surface area (Å²) in [6.07, 6.45) is 8.05. The van der Waals surface area contributed by atoms with E-state index in [1.807, 2.05) is 16.9 Å². The average Bonchev–Trinajstić information content (AvgIpc) is 2.87. The van der Waals surface area contributed by atoms with Crippen molar-refractivity contribution >= 4 is 18.3 Å². The van der Waals surface area contributed by atoms with Crippen LogP contribution in [-0.2, 0) is 0 Å². The molecule has 1 aromatic rings. The van der Waals surface area contributed by atoms with Crippen LogP contribution in [0.25, 0.3) is 0 Å². The van der Waals surface area contributed by atoms with Gasteiger partial charge in [-0.15, -0.1) is 12.4 Å². The summed E-state index contributed by atoms with van der Waals surface area (Å²) in [6, 6.07) is 2.21. The Morgan fingerprint density at radius 3 is 2.90 bits per heavy atom. The van der Waals surface area contributed by atoms with E-state index in [0.717, 1.165) is 26.1 Å². The van der Waals surface area contributed by atoms with Crippen molar-refractivity contribution < 1.29 is 4.79 Å². The minimum Gasteiger partial charge on any atom is -0.350 e. The van der Waals surface area contributed by atoms with E-state index in [9.17, 15) is 4.79 Å². The third-order valence-electron chi connectivity index (χ3n) is 4.26. The molecule has 112 valence electrons. The molecule has 20 heavy (non-hydrogen) atoms. The van der Waals surface area contributed by atoms with Gasteiger partial charge < -0.3 is 10.6 Å². The Hall–Kier alpha value is -1.07. The molecule has 0 bridgehead atoms. The maximum absolute atomic E-state index is 12.0. The molecule has 1 unspecified atom stereocenters. The second kappa shape index (κ2) is 7.09. The quantitative estimate of drug-likeness (QED) is 0.890. The summed E-state index contributed by atoms with van der Waals surface area (Å²) in [5.41, 5.74) is 0.546. The molecule has 2 aliphatic rings. The molecule has 0 spiro atoms. The lowest BCUT2D eigenvalue weighted by atomic mass is 9.85. The normalized spacial score (nSPS) is 22.7. The molecular weight excluding hydrogens is 276 g/mol. The van der Waals surface area contributed by atoms with Gasteiger partial charge in [0.2, 0.25) is 0 Å². The standard InChI is InChI=1S/C14H22N4O.ClH/c19-14(16-9-11-3-1-4-11)13-6-8-18(17-13)12-5-2-7-15-10-12;/h6,8,11-12,15H,1-5,7,9-10H2,(H,16,19);1H. The molecule has 1 atom stereocenters. The van der Waals surface area contributed by atoms with Gasteiger partial charge >= 0.3 is 0 Å². The summed E-state index contributed by atoms with van der Waals surface area (Å²) in [7, 11) is 0. The second-order valence-corrected chi connectivity index (χ2v) is 5.69. The van der Waals surface area contributed by atoms with Crippen LogP contribution in [0.4, 0.5) is 0 Å². The summed E-state index contributed by atoms with van der Waals surface area (Å²) < 4.78 is 1.93. The molecule has 2 fully saturated rings. The van der Waals surface area contributed by atoms with Crippen molar-refractivity contribution in [2.24, 2.45) is 5.92 Å². The third-order valence-corrected chi connectivity index (χ3v) is 4.26. The smallest absolute Gasteiger partial charge is 0.271 e. The second-order valence-electron chi connectivity index (χ2n) is 5.69. The van der Waals surface area contributed by atoms with Gasteiger partial charge in [0, 0.05) is 19.3 Å². The maximum Gasteiger partial charge on any atom is 0.271 e. The van der Waals surface area contributed by atoms with E-state index in [4.69, 9.17) is 0 Å². The zero-order valence-corrected chi connectivity index (χ0v) is 12.5. The molecule has 0 aromatic carbocycles. The SMILES string of the molecule is Cl.O=C(NCC1CCC1)c1ccn(C2CCCNC2)n1. The van der Waals surface area contributed by atoms with E-state index in [0.29, 0.717) is 17.7 Å². The molecule has 1 saturated heterocycles. The Morgan fingerprint density at radius 1 is 1.40 bits per heavy atom. The van der Waals surface area contributed by atoms with Gasteiger partial charge in [-0.3, -0.25) is 9.48 Å². The van der Waals surface area contributed by atoms with E-state index < -0.39 is 0 Å². The topological polar surface area (TPSA) is 59.0 Å². The van der Waals surface area contributed by atoms with Crippen molar-refractivity contribution in [3.8, 4) is 0 Å². The van der Waals surface area contributed by atoms with Crippen molar-refractivity contribution in [2.75, 3.05) is 19.6 Å². The zero-order valence-electron chi connectivity index (χ0n) is 11.7. The molecular formula is C14H23ClN4O. The molecule has 6 heteroatoms. The molecule has 1 aliphatic carbocycles. The number of carbonyl (C=O) groups is 1. The molecule has 3 rings (SSSR count). The van der Waals surface area contributed by atoms with Crippen molar-refractivity contribution in [1.82, 2.24) is 20.4 Å². The van der Waals surface area contributed by atoms with Crippen molar-refractivity contribution in [3.05, 3.63) is 18.0 Å². The van der Waals surface area contributed by atoms with Crippen LogP contribution in [0.5, 0.6) is 0 Å². The fourth-order valence-corrected chi connectivity index (χ4v) is 2.75. The zero-order chi connectivity index (χ0) is 13.1. The molecule has 2 N–H and O–H groups in total. The number of aromatic nitrogens is 2. The molecule has 0 radical (unpaired) electrons. The number of nitrogens with one attached hydrogen (secondary N) is 2. The first-order chi connectivity index (χ1) is 9.33. The van der Waals surface area contributed by atoms with E-state index in [1.165, 1.54) is 25.7 Å². The highest BCUT2D eigenvalue weighted by Crippen LogP contribution is 2.25. The van der Waals surface area contributed by atoms with Crippen molar-refractivity contribution in [2.45, 2.75) is 38.1 Å². The summed E-state index contributed by atoms with van der Waals surface area (Å²) >= 11 is 0. The fraction of sp³-hybridized carbons (Fsp3) is 0.714. The van der Waals surface area contributed by atoms with E-state index >= 15 is 0 Å². The predicted molar refractivity (Wildman–Crippen MR) is 80.3 cm³/mol. The van der Waals surface area contributed by atoms with E-state index in [1.54, 1.807) is 0 Å². The highest BCUT2D eigenvalue weighted by Gasteiger charge is 2.20. The van der Waals surface area contributed by atoms with Crippen LogP contribution < -0.4 is 10.6 Å². The van der Waals surface area contributed by atoms with E-state index in [-0.39, 0.29) is 18.3 Å². The van der Waals surface area contributed by atoms with Crippen LogP contribution in [0, 0.1) is 5.92 Å². The highest BCUT2D eigenvalue weighted by molar-refractivity contribution is 5.92. The molecule has 2 heterocycles. The first-order valence-electron chi connectivity index (χ1n) is 7.37. The largest absolute Gasteiger partial charge is 0.350 e. The molecule has 5 nitrogen and oxygen atoms in total. The Bertz CT molecular complexity index is 438. The molecule has 1 amide bonds. The lowest BCUT2D eigenvalue weighted by Crippen LogP contribution is -2.33. The monoisotopic (exact) mass is 298 g/mol. The Labute approximate surface area is 125 Å². The highest BCUT2D eigenvalue weighted by atomic mass is 35.5. The molecule has 1 aromatic heterocycles. The van der Waals surface area contributed by atoms with Gasteiger partial charge in [-0.25, -0.2) is 0 Å². The predicted octanol–water partition coefficient (Wildman–Crippen LogP) is 1.76. The number of hydrogen-bond acceptors (Lipinski definition) is 3. The van der Waals surface area contributed by atoms with Gasteiger partial charge in [-0.2, -0.15) is 5.10 Å². The number of rotatable bonds is 4. The van der Waals surface area contributed by atoms with Crippen LogP contribution in [0.3, 0.4) is 0 Å². The van der Waals surface area contributed by atoms with Gasteiger partial charge in [0.15, 0.2) is 0 Å². The van der Waals surface area contributed by atoms with Crippen LogP contribution in [0.15, 0.2) is 12.3 Å². The van der Waals surface area contributed by atoms with Gasteiger partial charge in [0.05, 0.1) is 6.04 Å². The number of carbonyl (C=O) groups excluding carboxylic acids is 1. The van der Waals surface area contributed by atoms with Crippen LogP contribution in [0.2, 0.25) is 0 Å². The number of piperidine rings is 1. The number of hydrogen-bond donors (Lipinski definition) is 2. The minimum absolute atomic E-state index is 0. The summed E-state index contributed by atoms with van der Waals surface area (Å²) in [5, 5.41) is 10.8. The third kappa shape index (κ3) is 3.52. The fourth-order valence-electron chi connectivity index (χ4n) is 2.75. The Kier molecular flexibility index (Phi) is 5.43. The maximum atomic E-state index is 12.0. The number of nitrogens with zero attached hydrogens (tertiary/aromatic N) is 2. The van der Waals surface area contributed by atoms with Crippen molar-refractivity contribution in [3.63, 3.8) is 0 Å². The van der Waals surface area contributed by atoms with Crippen molar-refractivity contribution in [1.29, 1.82) is 0 Å². The number of halogens is 1. The molecule has 1 saturated carbocycles. The lowest BCUT2D eigenvalue weighted by molar-refractivity contribution is 0.0932. The summed E-state index contributed by atoms with van der Waals surface area (Å²) in [5.74, 6) is 0.656. The Morgan fingerprint density at radius 2 is 2.25 bits per heavy atom. The minimum atomic E-state index is -0.0329. The van der Waals surface area contributed by atoms with Crippen LogP contribution in [-0.4, -0.2) is 35.3 Å². The average molecular weight is 299 g/mol. The van der Waals surface area contributed by atoms with Crippen LogP contribution >= 0.6 is 12.4 Å². The first-order valence-corrected chi connectivity index (χ1v) is 7.37. The van der Waals surface area contributed by atoms with Gasteiger partial charge in [-0.1, -0.05) is 6.42 Å². The van der Waals surface area contributed by atoms with Crippen LogP contribution in [0.1, 0.15) is 48.6 Å². The first kappa shape index (κ1) is 15.3. The summed E-state index contributed by atoms with van der Waals surface area (Å²) in [6.45, 7) is 2.84. The molecule has 1 aliphatic heterocycles. The summed E-state index contributed by atoms with van der Waals surface area (Å²) in [4.78, 5) is 12.0. The van der Waals surface area contributed by atoms with Gasteiger partial charge in [0.1, 0.15) is 5.69 Å². The Balaban J connectivity index is 0.00000147. The van der Waals surface area contributed by atoms with Gasteiger partial charge in [-0.05, 0) is 44.2 Å². The lowest BCUT2D eigenvalue weighted by Gasteiger charge is -2.25. The van der Waals surface area contributed by atoms with E-state index in [2.05, 4.69) is 15.7 Å². The number of amides is 1.